The molecule has 0 saturated heterocycles. The van der Waals surface area contributed by atoms with Crippen LogP contribution in [0.5, 0.6) is 5.75 Å². The number of rotatable bonds is 6. The van der Waals surface area contributed by atoms with Gasteiger partial charge in [-0.2, -0.15) is 0 Å². The van der Waals surface area contributed by atoms with Gasteiger partial charge < -0.3 is 19.6 Å². The van der Waals surface area contributed by atoms with Gasteiger partial charge in [-0.25, -0.2) is 4.98 Å². The number of aromatic amines is 1. The first-order valence-corrected chi connectivity index (χ1v) is 10.1. The average molecular weight is 402 g/mol. The SMILES string of the molecule is CCC(=O)Nc1c(-c2nc3ccccc3[nH]2)c(C)c(C)n1Cc1ccc(OC)cc1. The van der Waals surface area contributed by atoms with Crippen LogP contribution in [0.25, 0.3) is 22.4 Å². The first kappa shape index (κ1) is 19.8. The van der Waals surface area contributed by atoms with Crippen molar-refractivity contribution in [1.82, 2.24) is 14.5 Å². The Morgan fingerprint density at radius 1 is 1.13 bits per heavy atom. The molecule has 0 saturated carbocycles. The van der Waals surface area contributed by atoms with Crippen LogP contribution in [0.15, 0.2) is 48.5 Å². The molecule has 4 aromatic rings. The first-order chi connectivity index (χ1) is 14.5. The van der Waals surface area contributed by atoms with Crippen molar-refractivity contribution in [3.63, 3.8) is 0 Å². The molecule has 2 aromatic heterocycles. The molecule has 6 heteroatoms. The number of para-hydroxylation sites is 2. The summed E-state index contributed by atoms with van der Waals surface area (Å²) in [5.74, 6) is 2.32. The zero-order valence-corrected chi connectivity index (χ0v) is 17.7. The Kier molecular flexibility index (Phi) is 5.31. The van der Waals surface area contributed by atoms with E-state index in [9.17, 15) is 4.79 Å². The number of hydrogen-bond donors (Lipinski definition) is 2. The number of imidazole rings is 1. The summed E-state index contributed by atoms with van der Waals surface area (Å²) in [5, 5.41) is 3.12. The van der Waals surface area contributed by atoms with Gasteiger partial charge in [-0.1, -0.05) is 31.2 Å². The summed E-state index contributed by atoms with van der Waals surface area (Å²) < 4.78 is 7.41. The monoisotopic (exact) mass is 402 g/mol. The summed E-state index contributed by atoms with van der Waals surface area (Å²) in [5.41, 5.74) is 6.11. The van der Waals surface area contributed by atoms with Crippen LogP contribution in [0.1, 0.15) is 30.2 Å². The highest BCUT2D eigenvalue weighted by Crippen LogP contribution is 2.36. The topological polar surface area (TPSA) is 71.9 Å². The average Bonchev–Trinajstić information content (AvgIpc) is 3.28. The molecule has 0 bridgehead atoms. The van der Waals surface area contributed by atoms with Crippen LogP contribution in [0, 0.1) is 13.8 Å². The first-order valence-electron chi connectivity index (χ1n) is 10.1. The molecular formula is C24H26N4O2. The van der Waals surface area contributed by atoms with E-state index in [4.69, 9.17) is 9.72 Å². The molecular weight excluding hydrogens is 376 g/mol. The molecule has 0 spiro atoms. The summed E-state index contributed by atoms with van der Waals surface area (Å²) in [6, 6.07) is 15.9. The van der Waals surface area contributed by atoms with Crippen LogP contribution in [0.3, 0.4) is 0 Å². The summed E-state index contributed by atoms with van der Waals surface area (Å²) in [6.45, 7) is 6.64. The Hall–Kier alpha value is -3.54. The number of H-pyrrole nitrogens is 1. The van der Waals surface area contributed by atoms with E-state index in [0.717, 1.165) is 50.8 Å². The highest BCUT2D eigenvalue weighted by Gasteiger charge is 2.23. The Morgan fingerprint density at radius 2 is 1.87 bits per heavy atom. The normalized spacial score (nSPS) is 11.1. The second-order valence-electron chi connectivity index (χ2n) is 7.37. The van der Waals surface area contributed by atoms with Gasteiger partial charge in [0, 0.05) is 18.7 Å². The highest BCUT2D eigenvalue weighted by molar-refractivity contribution is 5.95. The van der Waals surface area contributed by atoms with E-state index in [1.54, 1.807) is 7.11 Å². The number of nitrogens with one attached hydrogen (secondary N) is 2. The standard InChI is InChI=1S/C24H26N4O2/c1-5-21(29)27-24-22(23-25-19-8-6-7-9-20(19)26-23)15(2)16(3)28(24)14-17-10-12-18(30-4)13-11-17/h6-13H,5,14H2,1-4H3,(H,25,26)(H,27,29). The van der Waals surface area contributed by atoms with E-state index in [1.165, 1.54) is 0 Å². The molecule has 0 atom stereocenters. The summed E-state index contributed by atoms with van der Waals surface area (Å²) in [4.78, 5) is 20.6. The summed E-state index contributed by atoms with van der Waals surface area (Å²) in [6.07, 6.45) is 0.408. The van der Waals surface area contributed by atoms with Gasteiger partial charge in [-0.3, -0.25) is 4.79 Å². The Morgan fingerprint density at radius 3 is 2.53 bits per heavy atom. The maximum absolute atomic E-state index is 12.4. The lowest BCUT2D eigenvalue weighted by Crippen LogP contribution is -2.15. The number of hydrogen-bond acceptors (Lipinski definition) is 3. The van der Waals surface area contributed by atoms with Gasteiger partial charge in [0.15, 0.2) is 0 Å². The molecule has 2 aromatic carbocycles. The van der Waals surface area contributed by atoms with Gasteiger partial charge in [-0.05, 0) is 49.2 Å². The van der Waals surface area contributed by atoms with Crippen molar-refractivity contribution in [3.8, 4) is 17.1 Å². The molecule has 0 aliphatic heterocycles. The number of benzene rings is 2. The van der Waals surface area contributed by atoms with Crippen LogP contribution >= 0.6 is 0 Å². The molecule has 0 unspecified atom stereocenters. The summed E-state index contributed by atoms with van der Waals surface area (Å²) in [7, 11) is 1.66. The van der Waals surface area contributed by atoms with Crippen molar-refractivity contribution >= 4 is 22.8 Å². The fourth-order valence-electron chi connectivity index (χ4n) is 3.69. The van der Waals surface area contributed by atoms with Crippen molar-refractivity contribution in [1.29, 1.82) is 0 Å². The van der Waals surface area contributed by atoms with E-state index >= 15 is 0 Å². The number of nitrogens with zero attached hydrogens (tertiary/aromatic N) is 2. The molecule has 1 amide bonds. The van der Waals surface area contributed by atoms with Crippen molar-refractivity contribution in [2.75, 3.05) is 12.4 Å². The number of anilines is 1. The number of ether oxygens (including phenoxy) is 1. The van der Waals surface area contributed by atoms with E-state index in [-0.39, 0.29) is 5.91 Å². The molecule has 0 aliphatic carbocycles. The van der Waals surface area contributed by atoms with Gasteiger partial charge in [-0.15, -0.1) is 0 Å². The zero-order valence-electron chi connectivity index (χ0n) is 17.7. The molecule has 0 aliphatic rings. The third-order valence-corrected chi connectivity index (χ3v) is 5.53. The number of amides is 1. The van der Waals surface area contributed by atoms with Gasteiger partial charge in [0.05, 0.1) is 23.7 Å². The molecule has 4 rings (SSSR count). The fourth-order valence-corrected chi connectivity index (χ4v) is 3.69. The minimum Gasteiger partial charge on any atom is -0.497 e. The predicted molar refractivity (Wildman–Crippen MR) is 120 cm³/mol. The smallest absolute Gasteiger partial charge is 0.225 e. The number of aromatic nitrogens is 3. The lowest BCUT2D eigenvalue weighted by atomic mass is 10.1. The van der Waals surface area contributed by atoms with Crippen LogP contribution in [0.2, 0.25) is 0 Å². The van der Waals surface area contributed by atoms with Crippen molar-refractivity contribution in [2.24, 2.45) is 0 Å². The second kappa shape index (κ2) is 8.06. The van der Waals surface area contributed by atoms with E-state index in [1.807, 2.05) is 55.5 Å². The van der Waals surface area contributed by atoms with Crippen LogP contribution in [-0.4, -0.2) is 27.6 Å². The van der Waals surface area contributed by atoms with Crippen molar-refractivity contribution in [2.45, 2.75) is 33.7 Å². The van der Waals surface area contributed by atoms with Gasteiger partial charge in [0.25, 0.3) is 0 Å². The quantitative estimate of drug-likeness (QED) is 0.474. The maximum atomic E-state index is 12.4. The Bertz CT molecular complexity index is 1170. The molecule has 154 valence electrons. The van der Waals surface area contributed by atoms with Crippen LogP contribution < -0.4 is 10.1 Å². The molecule has 30 heavy (non-hydrogen) atoms. The minimum atomic E-state index is -0.0270. The highest BCUT2D eigenvalue weighted by atomic mass is 16.5. The lowest BCUT2D eigenvalue weighted by molar-refractivity contribution is -0.115. The lowest BCUT2D eigenvalue weighted by Gasteiger charge is -2.14. The predicted octanol–water partition coefficient (Wildman–Crippen LogP) is 5.05. The van der Waals surface area contributed by atoms with E-state index < -0.39 is 0 Å². The Balaban J connectivity index is 1.84. The molecule has 2 heterocycles. The van der Waals surface area contributed by atoms with Gasteiger partial charge >= 0.3 is 0 Å². The second-order valence-corrected chi connectivity index (χ2v) is 7.37. The third kappa shape index (κ3) is 3.56. The van der Waals surface area contributed by atoms with Crippen LogP contribution in [-0.2, 0) is 11.3 Å². The largest absolute Gasteiger partial charge is 0.497 e. The fraction of sp³-hybridized carbons (Fsp3) is 0.250. The molecule has 6 nitrogen and oxygen atoms in total. The summed E-state index contributed by atoms with van der Waals surface area (Å²) >= 11 is 0. The molecule has 0 radical (unpaired) electrons. The minimum absolute atomic E-state index is 0.0270. The zero-order chi connectivity index (χ0) is 21.3. The van der Waals surface area contributed by atoms with Crippen molar-refractivity contribution < 1.29 is 9.53 Å². The van der Waals surface area contributed by atoms with E-state index in [2.05, 4.69) is 28.7 Å². The maximum Gasteiger partial charge on any atom is 0.225 e. The number of carbonyl (C=O) groups is 1. The van der Waals surface area contributed by atoms with Crippen molar-refractivity contribution in [3.05, 3.63) is 65.4 Å². The van der Waals surface area contributed by atoms with E-state index in [0.29, 0.717) is 13.0 Å². The van der Waals surface area contributed by atoms with Gasteiger partial charge in [0.1, 0.15) is 17.4 Å². The number of methoxy groups -OCH3 is 1. The Labute approximate surface area is 175 Å². The molecule has 0 fully saturated rings. The van der Waals surface area contributed by atoms with Gasteiger partial charge in [0.2, 0.25) is 5.91 Å². The number of fused-ring (bicyclic) bond motifs is 1. The number of carbonyl (C=O) groups excluding carboxylic acids is 1. The molecule has 2 N–H and O–H groups in total. The van der Waals surface area contributed by atoms with Crippen LogP contribution in [0.4, 0.5) is 5.82 Å². The third-order valence-electron chi connectivity index (χ3n) is 5.53.